The van der Waals surface area contributed by atoms with Crippen LogP contribution in [0.2, 0.25) is 0 Å². The van der Waals surface area contributed by atoms with Crippen molar-refractivity contribution >= 4 is 22.9 Å². The number of aromatic nitrogens is 1. The quantitative estimate of drug-likeness (QED) is 0.820. The lowest BCUT2D eigenvalue weighted by Gasteiger charge is -2.43. The molecule has 0 aliphatic heterocycles. The van der Waals surface area contributed by atoms with Gasteiger partial charge in [-0.25, -0.2) is 0 Å². The van der Waals surface area contributed by atoms with E-state index >= 15 is 0 Å². The Hall–Kier alpha value is -1.16. The lowest BCUT2D eigenvalue weighted by Crippen LogP contribution is -2.44. The third-order valence-corrected chi connectivity index (χ3v) is 4.17. The van der Waals surface area contributed by atoms with Crippen molar-refractivity contribution in [1.29, 1.82) is 0 Å². The van der Waals surface area contributed by atoms with Crippen LogP contribution in [0.1, 0.15) is 49.6 Å². The van der Waals surface area contributed by atoms with Crippen molar-refractivity contribution in [3.05, 3.63) is 23.0 Å². The predicted molar refractivity (Wildman–Crippen MR) is 80.1 cm³/mol. The van der Waals surface area contributed by atoms with Gasteiger partial charge in [-0.2, -0.15) is 0 Å². The monoisotopic (exact) mass is 263 g/mol. The van der Waals surface area contributed by atoms with Gasteiger partial charge in [-0.3, -0.25) is 4.98 Å². The van der Waals surface area contributed by atoms with Crippen LogP contribution in [-0.2, 0) is 0 Å². The number of aryl methyl sites for hydroxylation is 2. The van der Waals surface area contributed by atoms with Gasteiger partial charge in [0.25, 0.3) is 0 Å². The van der Waals surface area contributed by atoms with E-state index in [2.05, 4.69) is 23.3 Å². The zero-order valence-electron chi connectivity index (χ0n) is 11.3. The van der Waals surface area contributed by atoms with Gasteiger partial charge in [0.1, 0.15) is 4.99 Å². The second-order valence-corrected chi connectivity index (χ2v) is 5.69. The summed E-state index contributed by atoms with van der Waals surface area (Å²) in [5.41, 5.74) is 9.93. The molecule has 1 heterocycles. The second kappa shape index (κ2) is 4.84. The van der Waals surface area contributed by atoms with Gasteiger partial charge in [0.15, 0.2) is 0 Å². The molecule has 3 N–H and O–H groups in total. The standard InChI is InChI=1S/C14H21N3S/c1-4-14(6-5-7-14)17-11-8-9(2)16-10(3)12(11)13(15)18/h8H,4-7H2,1-3H3,(H2,15,18)(H,16,17). The zero-order chi connectivity index (χ0) is 13.3. The van der Waals surface area contributed by atoms with E-state index in [1.54, 1.807) is 0 Å². The lowest BCUT2D eigenvalue weighted by atomic mass is 9.74. The maximum Gasteiger partial charge on any atom is 0.107 e. The Bertz CT molecular complexity index is 473. The molecule has 0 saturated heterocycles. The maximum absolute atomic E-state index is 5.84. The van der Waals surface area contributed by atoms with Gasteiger partial charge in [-0.15, -0.1) is 0 Å². The Morgan fingerprint density at radius 2 is 2.17 bits per heavy atom. The Morgan fingerprint density at radius 3 is 2.61 bits per heavy atom. The number of anilines is 1. The van der Waals surface area contributed by atoms with E-state index in [4.69, 9.17) is 18.0 Å². The Morgan fingerprint density at radius 1 is 1.50 bits per heavy atom. The fourth-order valence-corrected chi connectivity index (χ4v) is 2.95. The van der Waals surface area contributed by atoms with Crippen LogP contribution in [0.5, 0.6) is 0 Å². The van der Waals surface area contributed by atoms with Gasteiger partial charge >= 0.3 is 0 Å². The largest absolute Gasteiger partial charge is 0.389 e. The van der Waals surface area contributed by atoms with Gasteiger partial charge in [-0.1, -0.05) is 19.1 Å². The molecule has 0 amide bonds. The molecule has 0 bridgehead atoms. The molecule has 2 rings (SSSR count). The summed E-state index contributed by atoms with van der Waals surface area (Å²) < 4.78 is 0. The number of hydrogen-bond donors (Lipinski definition) is 2. The molecule has 0 spiro atoms. The van der Waals surface area contributed by atoms with Crippen molar-refractivity contribution in [2.75, 3.05) is 5.32 Å². The van der Waals surface area contributed by atoms with E-state index < -0.39 is 0 Å². The third-order valence-electron chi connectivity index (χ3n) is 3.96. The molecule has 4 heteroatoms. The molecule has 0 radical (unpaired) electrons. The lowest BCUT2D eigenvalue weighted by molar-refractivity contribution is 0.269. The van der Waals surface area contributed by atoms with Crippen LogP contribution in [-0.4, -0.2) is 15.5 Å². The summed E-state index contributed by atoms with van der Waals surface area (Å²) in [4.78, 5) is 4.87. The molecule has 0 aromatic carbocycles. The van der Waals surface area contributed by atoms with Gasteiger partial charge < -0.3 is 11.1 Å². The molecule has 3 nitrogen and oxygen atoms in total. The minimum Gasteiger partial charge on any atom is -0.389 e. The minimum atomic E-state index is 0.236. The van der Waals surface area contributed by atoms with E-state index in [1.807, 2.05) is 13.8 Å². The first-order valence-electron chi connectivity index (χ1n) is 6.54. The number of nitrogens with two attached hydrogens (primary N) is 1. The average molecular weight is 263 g/mol. The SMILES string of the molecule is CCC1(Nc2cc(C)nc(C)c2C(N)=S)CCC1. The number of nitrogens with one attached hydrogen (secondary N) is 1. The normalized spacial score (nSPS) is 17.1. The molecular formula is C14H21N3S. The van der Waals surface area contributed by atoms with Crippen LogP contribution in [0, 0.1) is 13.8 Å². The van der Waals surface area contributed by atoms with Gasteiger partial charge in [0.2, 0.25) is 0 Å². The summed E-state index contributed by atoms with van der Waals surface area (Å²) in [6.07, 6.45) is 4.87. The zero-order valence-corrected chi connectivity index (χ0v) is 12.2. The number of thiocarbonyl (C=S) groups is 1. The third kappa shape index (κ3) is 2.34. The fourth-order valence-electron chi connectivity index (χ4n) is 2.69. The molecule has 18 heavy (non-hydrogen) atoms. The first kappa shape index (κ1) is 13.3. The van der Waals surface area contributed by atoms with E-state index in [9.17, 15) is 0 Å². The van der Waals surface area contributed by atoms with Gasteiger partial charge in [0, 0.05) is 22.6 Å². The molecule has 0 atom stereocenters. The summed E-state index contributed by atoms with van der Waals surface area (Å²) in [5.74, 6) is 0. The van der Waals surface area contributed by atoms with Crippen LogP contribution in [0.25, 0.3) is 0 Å². The summed E-state index contributed by atoms with van der Waals surface area (Å²) in [7, 11) is 0. The van der Waals surface area contributed by atoms with Crippen molar-refractivity contribution in [2.24, 2.45) is 5.73 Å². The Kier molecular flexibility index (Phi) is 3.57. The number of pyridine rings is 1. The highest BCUT2D eigenvalue weighted by Crippen LogP contribution is 2.39. The predicted octanol–water partition coefficient (Wildman–Crippen LogP) is 3.08. The van der Waals surface area contributed by atoms with E-state index in [1.165, 1.54) is 19.3 Å². The van der Waals surface area contributed by atoms with Crippen molar-refractivity contribution in [2.45, 2.75) is 52.0 Å². The Balaban J connectivity index is 2.39. The number of hydrogen-bond acceptors (Lipinski definition) is 3. The highest BCUT2D eigenvalue weighted by atomic mass is 32.1. The first-order valence-corrected chi connectivity index (χ1v) is 6.94. The fraction of sp³-hybridized carbons (Fsp3) is 0.571. The molecule has 1 aromatic rings. The molecule has 98 valence electrons. The van der Waals surface area contributed by atoms with Crippen LogP contribution >= 0.6 is 12.2 Å². The van der Waals surface area contributed by atoms with Gasteiger partial charge in [0.05, 0.1) is 5.56 Å². The van der Waals surface area contributed by atoms with E-state index in [0.29, 0.717) is 4.99 Å². The van der Waals surface area contributed by atoms with Crippen LogP contribution < -0.4 is 11.1 Å². The number of rotatable bonds is 4. The van der Waals surface area contributed by atoms with E-state index in [0.717, 1.165) is 29.1 Å². The summed E-state index contributed by atoms with van der Waals surface area (Å²) in [5, 5.41) is 3.67. The Labute approximate surface area is 114 Å². The molecule has 1 aliphatic rings. The maximum atomic E-state index is 5.84. The van der Waals surface area contributed by atoms with Crippen molar-refractivity contribution in [1.82, 2.24) is 4.98 Å². The second-order valence-electron chi connectivity index (χ2n) is 5.25. The van der Waals surface area contributed by atoms with Gasteiger partial charge in [-0.05, 0) is 45.6 Å². The van der Waals surface area contributed by atoms with Crippen LogP contribution in [0.4, 0.5) is 5.69 Å². The van der Waals surface area contributed by atoms with Crippen LogP contribution in [0.15, 0.2) is 6.07 Å². The first-order chi connectivity index (χ1) is 8.47. The van der Waals surface area contributed by atoms with E-state index in [-0.39, 0.29) is 5.54 Å². The van der Waals surface area contributed by atoms with Crippen molar-refractivity contribution in [3.8, 4) is 0 Å². The summed E-state index contributed by atoms with van der Waals surface area (Å²) >= 11 is 5.16. The topological polar surface area (TPSA) is 50.9 Å². The average Bonchev–Trinajstić information content (AvgIpc) is 2.21. The molecule has 1 aromatic heterocycles. The minimum absolute atomic E-state index is 0.236. The summed E-state index contributed by atoms with van der Waals surface area (Å²) in [6, 6.07) is 2.05. The molecule has 1 saturated carbocycles. The molecule has 1 fully saturated rings. The number of nitrogens with zero attached hydrogens (tertiary/aromatic N) is 1. The highest BCUT2D eigenvalue weighted by molar-refractivity contribution is 7.80. The summed E-state index contributed by atoms with van der Waals surface area (Å²) in [6.45, 7) is 6.19. The molecule has 0 unspecified atom stereocenters. The molecular weight excluding hydrogens is 242 g/mol. The van der Waals surface area contributed by atoms with Crippen molar-refractivity contribution < 1.29 is 0 Å². The smallest absolute Gasteiger partial charge is 0.107 e. The van der Waals surface area contributed by atoms with Crippen molar-refractivity contribution in [3.63, 3.8) is 0 Å². The highest BCUT2D eigenvalue weighted by Gasteiger charge is 2.35. The molecule has 1 aliphatic carbocycles. The van der Waals surface area contributed by atoms with Crippen LogP contribution in [0.3, 0.4) is 0 Å².